The van der Waals surface area contributed by atoms with Crippen molar-refractivity contribution < 1.29 is 19.4 Å². The molecular weight excluding hydrogens is 398 g/mol. The van der Waals surface area contributed by atoms with Crippen molar-refractivity contribution in [1.82, 2.24) is 9.47 Å². The summed E-state index contributed by atoms with van der Waals surface area (Å²) in [6, 6.07) is 2.38. The van der Waals surface area contributed by atoms with Gasteiger partial charge < -0.3 is 24.2 Å². The maximum atomic E-state index is 13.0. The molecule has 1 unspecified atom stereocenters. The van der Waals surface area contributed by atoms with Crippen LogP contribution in [0.5, 0.6) is 0 Å². The Morgan fingerprint density at radius 1 is 1.26 bits per heavy atom. The number of nitrogens with zero attached hydrogens (tertiary/aromatic N) is 3. The van der Waals surface area contributed by atoms with E-state index in [0.29, 0.717) is 19.0 Å². The van der Waals surface area contributed by atoms with Crippen molar-refractivity contribution in [3.63, 3.8) is 0 Å². The van der Waals surface area contributed by atoms with Crippen molar-refractivity contribution in [2.45, 2.75) is 77.5 Å². The third-order valence-electron chi connectivity index (χ3n) is 6.22. The molecule has 1 saturated heterocycles. The predicted molar refractivity (Wildman–Crippen MR) is 119 cm³/mol. The Labute approximate surface area is 183 Å². The third-order valence-corrected chi connectivity index (χ3v) is 6.22. The second-order valence-electron chi connectivity index (χ2n) is 9.82. The van der Waals surface area contributed by atoms with Crippen LogP contribution in [0.4, 0.5) is 10.5 Å². The molecule has 1 aliphatic carbocycles. The minimum Gasteiger partial charge on any atom is -0.480 e. The minimum absolute atomic E-state index is 0.0181. The van der Waals surface area contributed by atoms with Crippen molar-refractivity contribution in [1.29, 1.82) is 0 Å². The fourth-order valence-electron chi connectivity index (χ4n) is 4.21. The fraction of sp³-hybridized carbons (Fsp3) is 0.696. The van der Waals surface area contributed by atoms with Crippen LogP contribution in [0.15, 0.2) is 23.1 Å². The number of carbonyl (C=O) groups is 2. The summed E-state index contributed by atoms with van der Waals surface area (Å²) in [5.74, 6) is -0.513. The fourth-order valence-corrected chi connectivity index (χ4v) is 4.21. The lowest BCUT2D eigenvalue weighted by molar-refractivity contribution is -0.140. The molecule has 0 bridgehead atoms. The number of carboxylic acid groups (broad SMARTS) is 1. The van der Waals surface area contributed by atoms with Crippen molar-refractivity contribution in [2.24, 2.45) is 5.92 Å². The summed E-state index contributed by atoms with van der Waals surface area (Å²) >= 11 is 0. The minimum atomic E-state index is -1.04. The van der Waals surface area contributed by atoms with Crippen LogP contribution in [-0.2, 0) is 9.53 Å². The molecule has 1 saturated carbocycles. The molecule has 0 spiro atoms. The van der Waals surface area contributed by atoms with Crippen molar-refractivity contribution in [3.8, 4) is 0 Å². The molecule has 3 rings (SSSR count). The summed E-state index contributed by atoms with van der Waals surface area (Å²) in [7, 11) is 0. The lowest BCUT2D eigenvalue weighted by atomic mass is 9.84. The highest BCUT2D eigenvalue weighted by atomic mass is 16.6. The number of hydrogen-bond donors (Lipinski definition) is 1. The quantitative estimate of drug-likeness (QED) is 0.738. The zero-order valence-corrected chi connectivity index (χ0v) is 19.0. The van der Waals surface area contributed by atoms with Crippen LogP contribution in [-0.4, -0.2) is 57.9 Å². The first-order valence-corrected chi connectivity index (χ1v) is 11.2. The third kappa shape index (κ3) is 5.80. The van der Waals surface area contributed by atoms with Gasteiger partial charge in [-0.2, -0.15) is 0 Å². The van der Waals surface area contributed by atoms with Crippen molar-refractivity contribution >= 4 is 17.7 Å². The van der Waals surface area contributed by atoms with Crippen LogP contribution < -0.4 is 10.5 Å². The second kappa shape index (κ2) is 9.32. The number of carboxylic acids is 1. The largest absolute Gasteiger partial charge is 0.480 e. The van der Waals surface area contributed by atoms with Crippen LogP contribution in [0, 0.1) is 5.92 Å². The van der Waals surface area contributed by atoms with E-state index in [1.807, 2.05) is 25.7 Å². The average Bonchev–Trinajstić information content (AvgIpc) is 2.65. The molecule has 1 amide bonds. The summed E-state index contributed by atoms with van der Waals surface area (Å²) in [5, 5.41) is 9.18. The van der Waals surface area contributed by atoms with Gasteiger partial charge in [-0.3, -0.25) is 4.79 Å². The smallest absolute Gasteiger partial charge is 0.410 e. The van der Waals surface area contributed by atoms with Gasteiger partial charge in [-0.05, 0) is 65.4 Å². The van der Waals surface area contributed by atoms with E-state index in [1.165, 1.54) is 24.0 Å². The van der Waals surface area contributed by atoms with Crippen molar-refractivity contribution in [2.75, 3.05) is 24.5 Å². The molecule has 8 nitrogen and oxygen atoms in total. The van der Waals surface area contributed by atoms with E-state index >= 15 is 0 Å². The second-order valence-corrected chi connectivity index (χ2v) is 9.82. The Kier molecular flexibility index (Phi) is 6.96. The normalized spacial score (nSPS) is 20.6. The molecule has 1 aromatic rings. The first-order valence-electron chi connectivity index (χ1n) is 11.2. The summed E-state index contributed by atoms with van der Waals surface area (Å²) in [6.45, 7) is 9.26. The average molecular weight is 434 g/mol. The summed E-state index contributed by atoms with van der Waals surface area (Å²) in [4.78, 5) is 40.7. The van der Waals surface area contributed by atoms with Crippen LogP contribution >= 0.6 is 0 Å². The molecule has 2 aliphatic rings. The van der Waals surface area contributed by atoms with E-state index in [0.717, 1.165) is 37.9 Å². The summed E-state index contributed by atoms with van der Waals surface area (Å²) in [6.07, 6.45) is 6.59. The van der Waals surface area contributed by atoms with Gasteiger partial charge in [-0.25, -0.2) is 9.59 Å². The zero-order valence-electron chi connectivity index (χ0n) is 19.0. The van der Waals surface area contributed by atoms with E-state index < -0.39 is 17.6 Å². The van der Waals surface area contributed by atoms with Gasteiger partial charge in [0.1, 0.15) is 11.6 Å². The molecule has 1 aliphatic heterocycles. The van der Waals surface area contributed by atoms with Gasteiger partial charge in [0.2, 0.25) is 0 Å². The lowest BCUT2D eigenvalue weighted by Crippen LogP contribution is -2.53. The maximum absolute atomic E-state index is 13.0. The highest BCUT2D eigenvalue weighted by Gasteiger charge is 2.34. The van der Waals surface area contributed by atoms with Gasteiger partial charge in [-0.15, -0.1) is 0 Å². The van der Waals surface area contributed by atoms with Crippen LogP contribution in [0.3, 0.4) is 0 Å². The highest BCUT2D eigenvalue weighted by molar-refractivity contribution is 5.71. The first kappa shape index (κ1) is 23.2. The Bertz CT molecular complexity index is 856. The Hall–Kier alpha value is -2.51. The number of anilines is 1. The van der Waals surface area contributed by atoms with Crippen molar-refractivity contribution in [3.05, 3.63) is 28.7 Å². The number of hydrogen-bond acceptors (Lipinski definition) is 5. The topological polar surface area (TPSA) is 92.1 Å². The van der Waals surface area contributed by atoms with E-state index in [2.05, 4.69) is 4.90 Å². The number of rotatable bonds is 6. The van der Waals surface area contributed by atoms with Gasteiger partial charge >= 0.3 is 12.1 Å². The standard InChI is InChI=1S/C23H35N3O5/c1-16(21(28)29)25-12-10-18(13-20(25)27)24-11-6-9-19(15-24)26(14-17-7-5-8-17)22(30)31-23(2,3)4/h10,12-13,16-17,19H,5-9,11,14-15H2,1-4H3,(H,28,29)/t16?,19-/m1/s1. The Balaban J connectivity index is 1.76. The van der Waals surface area contributed by atoms with Gasteiger partial charge in [0.25, 0.3) is 5.56 Å². The molecule has 1 aromatic heterocycles. The SMILES string of the molecule is CC(C(=O)O)n1ccc(N2CCC[C@@H](N(CC3CCC3)C(=O)OC(C)(C)C)C2)cc1=O. The molecule has 31 heavy (non-hydrogen) atoms. The van der Waals surface area contributed by atoms with Crippen LogP contribution in [0.2, 0.25) is 0 Å². The number of piperidine rings is 1. The van der Waals surface area contributed by atoms with E-state index in [-0.39, 0.29) is 17.7 Å². The molecule has 2 atom stereocenters. The monoisotopic (exact) mass is 433 g/mol. The highest BCUT2D eigenvalue weighted by Crippen LogP contribution is 2.30. The van der Waals surface area contributed by atoms with Crippen LogP contribution in [0.1, 0.15) is 65.8 Å². The molecule has 172 valence electrons. The molecule has 1 N–H and O–H groups in total. The van der Waals surface area contributed by atoms with Gasteiger partial charge in [0, 0.05) is 37.6 Å². The first-order chi connectivity index (χ1) is 14.5. The Morgan fingerprint density at radius 2 is 1.97 bits per heavy atom. The zero-order chi connectivity index (χ0) is 22.8. The predicted octanol–water partition coefficient (Wildman–Crippen LogP) is 3.50. The van der Waals surface area contributed by atoms with E-state index in [4.69, 9.17) is 4.74 Å². The van der Waals surface area contributed by atoms with E-state index in [1.54, 1.807) is 12.3 Å². The molecule has 8 heteroatoms. The summed E-state index contributed by atoms with van der Waals surface area (Å²) < 4.78 is 6.93. The molecule has 0 aromatic carbocycles. The number of amides is 1. The summed E-state index contributed by atoms with van der Waals surface area (Å²) in [5.41, 5.74) is -0.126. The van der Waals surface area contributed by atoms with Gasteiger partial charge in [0.15, 0.2) is 0 Å². The van der Waals surface area contributed by atoms with Crippen LogP contribution in [0.25, 0.3) is 0 Å². The Morgan fingerprint density at radius 3 is 2.52 bits per heavy atom. The number of pyridine rings is 1. The number of ether oxygens (including phenoxy) is 1. The molecule has 2 fully saturated rings. The number of aliphatic carboxylic acids is 1. The molecule has 0 radical (unpaired) electrons. The lowest BCUT2D eigenvalue weighted by Gasteiger charge is -2.43. The van der Waals surface area contributed by atoms with Gasteiger partial charge in [-0.1, -0.05) is 6.42 Å². The maximum Gasteiger partial charge on any atom is 0.410 e. The van der Waals surface area contributed by atoms with E-state index in [9.17, 15) is 19.5 Å². The molecule has 2 heterocycles. The van der Waals surface area contributed by atoms with Gasteiger partial charge in [0.05, 0.1) is 6.04 Å². The molecular formula is C23H35N3O5. The number of carbonyl (C=O) groups excluding carboxylic acids is 1. The number of aromatic nitrogens is 1.